The monoisotopic (exact) mass is 334 g/mol. The zero-order valence-electron chi connectivity index (χ0n) is 14.3. The molecule has 0 bridgehead atoms. The lowest BCUT2D eigenvalue weighted by Crippen LogP contribution is -2.37. The number of aliphatic carboxylic acids is 1. The van der Waals surface area contributed by atoms with Crippen LogP contribution in [-0.4, -0.2) is 46.9 Å². The van der Waals surface area contributed by atoms with Crippen molar-refractivity contribution in [3.8, 4) is 0 Å². The summed E-state index contributed by atoms with van der Waals surface area (Å²) in [5.74, 6) is -1.36. The minimum absolute atomic E-state index is 0.0718. The van der Waals surface area contributed by atoms with Crippen LogP contribution in [0.2, 0.25) is 0 Å². The van der Waals surface area contributed by atoms with Gasteiger partial charge >= 0.3 is 5.97 Å². The maximum atomic E-state index is 12.2. The molecule has 1 aromatic rings. The molecule has 0 aliphatic heterocycles. The van der Waals surface area contributed by atoms with Crippen LogP contribution in [0.15, 0.2) is 30.3 Å². The highest BCUT2D eigenvalue weighted by Crippen LogP contribution is 2.06. The Morgan fingerprint density at radius 2 is 1.79 bits per heavy atom. The molecule has 1 aromatic carbocycles. The molecule has 2 amide bonds. The molecule has 0 saturated heterocycles. The Labute approximate surface area is 142 Å². The summed E-state index contributed by atoms with van der Waals surface area (Å²) in [6.07, 6.45) is 1.46. The Morgan fingerprint density at radius 1 is 1.12 bits per heavy atom. The van der Waals surface area contributed by atoms with Gasteiger partial charge in [0.15, 0.2) is 0 Å². The van der Waals surface area contributed by atoms with Gasteiger partial charge < -0.3 is 15.3 Å². The first-order valence-electron chi connectivity index (χ1n) is 8.21. The fourth-order valence-electron chi connectivity index (χ4n) is 2.32. The van der Waals surface area contributed by atoms with Crippen molar-refractivity contribution in [3.63, 3.8) is 0 Å². The van der Waals surface area contributed by atoms with Crippen LogP contribution < -0.4 is 5.32 Å². The number of hydrogen-bond donors (Lipinski definition) is 2. The van der Waals surface area contributed by atoms with Crippen LogP contribution in [-0.2, 0) is 20.8 Å². The minimum atomic E-state index is -1.03. The summed E-state index contributed by atoms with van der Waals surface area (Å²) in [7, 11) is 0. The summed E-state index contributed by atoms with van der Waals surface area (Å²) in [5.41, 5.74) is 1.05. The van der Waals surface area contributed by atoms with Crippen LogP contribution in [0.4, 0.5) is 0 Å². The van der Waals surface area contributed by atoms with E-state index in [4.69, 9.17) is 5.11 Å². The number of carbonyl (C=O) groups excluding carboxylic acids is 2. The van der Waals surface area contributed by atoms with Gasteiger partial charge in [-0.2, -0.15) is 0 Å². The number of rotatable bonds is 10. The van der Waals surface area contributed by atoms with Gasteiger partial charge in [-0.15, -0.1) is 0 Å². The van der Waals surface area contributed by atoms with E-state index < -0.39 is 5.97 Å². The lowest BCUT2D eigenvalue weighted by molar-refractivity contribution is -0.144. The van der Waals surface area contributed by atoms with E-state index in [9.17, 15) is 14.4 Å². The number of hydrogen-bond acceptors (Lipinski definition) is 3. The minimum Gasteiger partial charge on any atom is -0.480 e. The van der Waals surface area contributed by atoms with Crippen molar-refractivity contribution in [1.82, 2.24) is 10.2 Å². The molecule has 0 fully saturated rings. The zero-order chi connectivity index (χ0) is 17.9. The summed E-state index contributed by atoms with van der Waals surface area (Å²) in [6, 6.07) is 9.69. The predicted octanol–water partition coefficient (Wildman–Crippen LogP) is 1.84. The lowest BCUT2D eigenvalue weighted by Gasteiger charge is -2.21. The summed E-state index contributed by atoms with van der Waals surface area (Å²) in [5, 5.41) is 11.8. The second-order valence-electron chi connectivity index (χ2n) is 6.02. The Hall–Kier alpha value is -2.37. The van der Waals surface area contributed by atoms with Crippen molar-refractivity contribution in [2.75, 3.05) is 13.1 Å². The Bertz CT molecular complexity index is 543. The van der Waals surface area contributed by atoms with Gasteiger partial charge in [-0.3, -0.25) is 14.4 Å². The van der Waals surface area contributed by atoms with E-state index in [1.807, 2.05) is 44.2 Å². The van der Waals surface area contributed by atoms with E-state index in [2.05, 4.69) is 5.32 Å². The molecule has 0 aliphatic rings. The van der Waals surface area contributed by atoms with Crippen molar-refractivity contribution in [1.29, 1.82) is 0 Å². The molecular weight excluding hydrogens is 308 g/mol. The van der Waals surface area contributed by atoms with Crippen LogP contribution in [0.3, 0.4) is 0 Å². The van der Waals surface area contributed by atoms with Crippen molar-refractivity contribution in [2.24, 2.45) is 0 Å². The zero-order valence-corrected chi connectivity index (χ0v) is 14.3. The highest BCUT2D eigenvalue weighted by atomic mass is 16.4. The average Bonchev–Trinajstić information content (AvgIpc) is 2.51. The Morgan fingerprint density at radius 3 is 2.38 bits per heavy atom. The van der Waals surface area contributed by atoms with Crippen molar-refractivity contribution < 1.29 is 19.5 Å². The number of carboxylic acid groups (broad SMARTS) is 1. The first-order chi connectivity index (χ1) is 11.4. The molecule has 0 aliphatic carbocycles. The molecule has 132 valence electrons. The molecular formula is C18H26N2O4. The number of nitrogens with zero attached hydrogens (tertiary/aromatic N) is 1. The third kappa shape index (κ3) is 8.31. The third-order valence-corrected chi connectivity index (χ3v) is 3.44. The van der Waals surface area contributed by atoms with Crippen molar-refractivity contribution >= 4 is 17.8 Å². The van der Waals surface area contributed by atoms with Gasteiger partial charge in [-0.05, 0) is 32.3 Å². The summed E-state index contributed by atoms with van der Waals surface area (Å²) >= 11 is 0. The first kappa shape index (κ1) is 19.7. The van der Waals surface area contributed by atoms with Gasteiger partial charge in [-0.1, -0.05) is 30.3 Å². The van der Waals surface area contributed by atoms with E-state index >= 15 is 0 Å². The quantitative estimate of drug-likeness (QED) is 0.683. The van der Waals surface area contributed by atoms with E-state index in [0.29, 0.717) is 19.4 Å². The van der Waals surface area contributed by atoms with Crippen LogP contribution in [0.5, 0.6) is 0 Å². The normalized spacial score (nSPS) is 10.5. The summed E-state index contributed by atoms with van der Waals surface area (Å²) in [4.78, 5) is 36.1. The highest BCUT2D eigenvalue weighted by molar-refractivity contribution is 5.82. The molecule has 0 saturated carbocycles. The van der Waals surface area contributed by atoms with Gasteiger partial charge in [0.2, 0.25) is 11.8 Å². The van der Waals surface area contributed by atoms with Gasteiger partial charge in [0, 0.05) is 25.4 Å². The summed E-state index contributed by atoms with van der Waals surface area (Å²) < 4.78 is 0. The molecule has 6 heteroatoms. The van der Waals surface area contributed by atoms with E-state index in [-0.39, 0.29) is 37.2 Å². The van der Waals surface area contributed by atoms with Crippen molar-refractivity contribution in [2.45, 2.75) is 45.6 Å². The fourth-order valence-corrected chi connectivity index (χ4v) is 2.32. The van der Waals surface area contributed by atoms with Crippen LogP contribution in [0.1, 0.15) is 38.7 Å². The largest absolute Gasteiger partial charge is 0.480 e. The number of nitrogens with one attached hydrogen (secondary N) is 1. The molecule has 1 rings (SSSR count). The van der Waals surface area contributed by atoms with Crippen LogP contribution >= 0.6 is 0 Å². The van der Waals surface area contributed by atoms with E-state index in [1.165, 1.54) is 4.90 Å². The van der Waals surface area contributed by atoms with E-state index in [1.54, 1.807) is 0 Å². The summed E-state index contributed by atoms with van der Waals surface area (Å²) in [6.45, 7) is 3.79. The standard InChI is InChI=1S/C18H26N2O4/c1-14(2)19-16(21)9-6-10-17(22)20(13-18(23)24)12-11-15-7-4-3-5-8-15/h3-5,7-8,14H,6,9-13H2,1-2H3,(H,19,21)(H,23,24). The second-order valence-corrected chi connectivity index (χ2v) is 6.02. The van der Waals surface area contributed by atoms with Gasteiger partial charge in [0.25, 0.3) is 0 Å². The first-order valence-corrected chi connectivity index (χ1v) is 8.21. The van der Waals surface area contributed by atoms with Crippen LogP contribution in [0, 0.1) is 0 Å². The lowest BCUT2D eigenvalue weighted by atomic mass is 10.1. The molecule has 0 spiro atoms. The molecule has 0 radical (unpaired) electrons. The SMILES string of the molecule is CC(C)NC(=O)CCCC(=O)N(CCc1ccccc1)CC(=O)O. The second kappa shape index (κ2) is 10.4. The number of carbonyl (C=O) groups is 3. The topological polar surface area (TPSA) is 86.7 Å². The van der Waals surface area contributed by atoms with Gasteiger partial charge in [0.1, 0.15) is 6.54 Å². The molecule has 24 heavy (non-hydrogen) atoms. The number of carboxylic acids is 1. The Balaban J connectivity index is 2.46. The molecule has 0 unspecified atom stereocenters. The average molecular weight is 334 g/mol. The van der Waals surface area contributed by atoms with Gasteiger partial charge in [-0.25, -0.2) is 0 Å². The molecule has 0 aromatic heterocycles. The molecule has 6 nitrogen and oxygen atoms in total. The Kier molecular flexibility index (Phi) is 8.54. The third-order valence-electron chi connectivity index (χ3n) is 3.44. The number of amides is 2. The maximum absolute atomic E-state index is 12.2. The van der Waals surface area contributed by atoms with Crippen LogP contribution in [0.25, 0.3) is 0 Å². The van der Waals surface area contributed by atoms with Crippen molar-refractivity contribution in [3.05, 3.63) is 35.9 Å². The number of benzene rings is 1. The van der Waals surface area contributed by atoms with E-state index in [0.717, 1.165) is 5.56 Å². The fraction of sp³-hybridized carbons (Fsp3) is 0.500. The van der Waals surface area contributed by atoms with Gasteiger partial charge in [0.05, 0.1) is 0 Å². The smallest absolute Gasteiger partial charge is 0.323 e. The molecule has 2 N–H and O–H groups in total. The molecule has 0 atom stereocenters. The molecule has 0 heterocycles. The highest BCUT2D eigenvalue weighted by Gasteiger charge is 2.17. The predicted molar refractivity (Wildman–Crippen MR) is 91.5 cm³/mol. The maximum Gasteiger partial charge on any atom is 0.323 e.